The summed E-state index contributed by atoms with van der Waals surface area (Å²) in [6.45, 7) is 1.07. The van der Waals surface area contributed by atoms with Crippen molar-refractivity contribution in [2.45, 2.75) is 32.2 Å². The van der Waals surface area contributed by atoms with E-state index in [0.717, 1.165) is 42.5 Å². The second kappa shape index (κ2) is 10.1. The molecular weight excluding hydrogens is 350 g/mol. The zero-order chi connectivity index (χ0) is 19.6. The van der Waals surface area contributed by atoms with Gasteiger partial charge < -0.3 is 10.1 Å². The summed E-state index contributed by atoms with van der Waals surface area (Å²) in [6.07, 6.45) is 10.8. The Morgan fingerprint density at radius 2 is 2.00 bits per heavy atom. The van der Waals surface area contributed by atoms with Crippen molar-refractivity contribution in [3.8, 4) is 18.1 Å². The summed E-state index contributed by atoms with van der Waals surface area (Å²) in [5, 5.41) is 2.90. The number of nitrogens with one attached hydrogen (secondary N) is 1. The first kappa shape index (κ1) is 19.4. The molecule has 3 aromatic rings. The lowest BCUT2D eigenvalue weighted by molar-refractivity contribution is 0.0946. The van der Waals surface area contributed by atoms with Crippen molar-refractivity contribution in [2.75, 3.05) is 6.61 Å². The van der Waals surface area contributed by atoms with Crippen molar-refractivity contribution in [2.24, 2.45) is 0 Å². The maximum atomic E-state index is 12.4. The van der Waals surface area contributed by atoms with E-state index < -0.39 is 0 Å². The van der Waals surface area contributed by atoms with E-state index in [4.69, 9.17) is 11.2 Å². The van der Waals surface area contributed by atoms with Crippen molar-refractivity contribution in [1.82, 2.24) is 15.3 Å². The molecule has 2 heterocycles. The predicted octanol–water partition coefficient (Wildman–Crippen LogP) is 4.13. The standard InChI is InChI=1S/C23H23N3O2/c1-2-3-4-5-6-15-28-19-10-7-9-18(16-19)17-25-23(27)22-13-12-20-21(26-22)11-8-14-24-20/h1,7-14,16H,3-6,15,17H2,(H,25,27). The molecule has 0 fully saturated rings. The summed E-state index contributed by atoms with van der Waals surface area (Å²) in [5.74, 6) is 3.23. The van der Waals surface area contributed by atoms with Gasteiger partial charge in [0.15, 0.2) is 0 Å². The largest absolute Gasteiger partial charge is 0.494 e. The maximum Gasteiger partial charge on any atom is 0.270 e. The van der Waals surface area contributed by atoms with E-state index in [0.29, 0.717) is 24.4 Å². The van der Waals surface area contributed by atoms with Crippen molar-refractivity contribution < 1.29 is 9.53 Å². The fourth-order valence-electron chi connectivity index (χ4n) is 2.80. The van der Waals surface area contributed by atoms with E-state index in [1.54, 1.807) is 24.4 Å². The van der Waals surface area contributed by atoms with Crippen molar-refractivity contribution >= 4 is 16.9 Å². The highest BCUT2D eigenvalue weighted by molar-refractivity contribution is 5.94. The first-order valence-corrected chi connectivity index (χ1v) is 9.41. The Morgan fingerprint density at radius 3 is 2.89 bits per heavy atom. The fraction of sp³-hybridized carbons (Fsp3) is 0.261. The number of ether oxygens (including phenoxy) is 1. The van der Waals surface area contributed by atoms with Crippen LogP contribution >= 0.6 is 0 Å². The van der Waals surface area contributed by atoms with Gasteiger partial charge in [-0.3, -0.25) is 9.78 Å². The minimum atomic E-state index is -0.217. The number of fused-ring (bicyclic) bond motifs is 1. The van der Waals surface area contributed by atoms with Crippen LogP contribution in [0.15, 0.2) is 54.7 Å². The van der Waals surface area contributed by atoms with E-state index in [-0.39, 0.29) is 5.91 Å². The zero-order valence-corrected chi connectivity index (χ0v) is 15.7. The number of unbranched alkanes of at least 4 members (excludes halogenated alkanes) is 3. The molecule has 1 aromatic carbocycles. The van der Waals surface area contributed by atoms with Gasteiger partial charge in [0.25, 0.3) is 5.91 Å². The minimum Gasteiger partial charge on any atom is -0.494 e. The molecule has 28 heavy (non-hydrogen) atoms. The molecule has 0 aliphatic rings. The third kappa shape index (κ3) is 5.55. The van der Waals surface area contributed by atoms with Gasteiger partial charge in [0.05, 0.1) is 17.6 Å². The Labute approximate surface area is 165 Å². The van der Waals surface area contributed by atoms with Crippen LogP contribution in [0.4, 0.5) is 0 Å². The number of carbonyl (C=O) groups is 1. The molecule has 5 nitrogen and oxygen atoms in total. The van der Waals surface area contributed by atoms with Gasteiger partial charge in [-0.05, 0) is 61.2 Å². The van der Waals surface area contributed by atoms with Gasteiger partial charge in [-0.25, -0.2) is 4.98 Å². The average Bonchev–Trinajstić information content (AvgIpc) is 2.74. The van der Waals surface area contributed by atoms with Gasteiger partial charge in [-0.1, -0.05) is 12.1 Å². The summed E-state index contributed by atoms with van der Waals surface area (Å²) < 4.78 is 5.78. The van der Waals surface area contributed by atoms with E-state index in [2.05, 4.69) is 21.2 Å². The molecule has 142 valence electrons. The summed E-state index contributed by atoms with van der Waals surface area (Å²) in [4.78, 5) is 21.0. The number of benzene rings is 1. The first-order chi connectivity index (χ1) is 13.8. The molecule has 0 saturated carbocycles. The van der Waals surface area contributed by atoms with Crippen molar-refractivity contribution in [3.63, 3.8) is 0 Å². The molecule has 2 aromatic heterocycles. The van der Waals surface area contributed by atoms with Crippen molar-refractivity contribution in [3.05, 3.63) is 66.0 Å². The molecule has 0 saturated heterocycles. The van der Waals surface area contributed by atoms with Gasteiger partial charge in [0.1, 0.15) is 11.4 Å². The first-order valence-electron chi connectivity index (χ1n) is 9.41. The number of nitrogens with zero attached hydrogens (tertiary/aromatic N) is 2. The quantitative estimate of drug-likeness (QED) is 0.452. The summed E-state index contributed by atoms with van der Waals surface area (Å²) in [7, 11) is 0. The fourth-order valence-corrected chi connectivity index (χ4v) is 2.80. The second-order valence-corrected chi connectivity index (χ2v) is 6.43. The van der Waals surface area contributed by atoms with Gasteiger partial charge >= 0.3 is 0 Å². The maximum absolute atomic E-state index is 12.4. The zero-order valence-electron chi connectivity index (χ0n) is 15.7. The summed E-state index contributed by atoms with van der Waals surface area (Å²) >= 11 is 0. The molecule has 5 heteroatoms. The predicted molar refractivity (Wildman–Crippen MR) is 110 cm³/mol. The van der Waals surface area contributed by atoms with Crippen molar-refractivity contribution in [1.29, 1.82) is 0 Å². The monoisotopic (exact) mass is 373 g/mol. The van der Waals surface area contributed by atoms with Crippen LogP contribution < -0.4 is 10.1 Å². The van der Waals surface area contributed by atoms with Crippen LogP contribution in [0, 0.1) is 12.3 Å². The molecule has 1 amide bonds. The highest BCUT2D eigenvalue weighted by atomic mass is 16.5. The Kier molecular flexibility index (Phi) is 6.97. The summed E-state index contributed by atoms with van der Waals surface area (Å²) in [5.41, 5.74) is 2.82. The molecule has 0 aliphatic carbocycles. The molecule has 3 rings (SSSR count). The highest BCUT2D eigenvalue weighted by Crippen LogP contribution is 2.14. The number of hydrogen-bond donors (Lipinski definition) is 1. The van der Waals surface area contributed by atoms with Gasteiger partial charge in [-0.2, -0.15) is 0 Å². The molecule has 0 spiro atoms. The summed E-state index contributed by atoms with van der Waals surface area (Å²) in [6, 6.07) is 14.9. The Morgan fingerprint density at radius 1 is 1.07 bits per heavy atom. The van der Waals surface area contributed by atoms with Crippen LogP contribution in [-0.4, -0.2) is 22.5 Å². The minimum absolute atomic E-state index is 0.217. The van der Waals surface area contributed by atoms with Gasteiger partial charge in [0, 0.05) is 19.2 Å². The number of amides is 1. The average molecular weight is 373 g/mol. The number of aromatic nitrogens is 2. The number of hydrogen-bond acceptors (Lipinski definition) is 4. The molecule has 1 N–H and O–H groups in total. The van der Waals surface area contributed by atoms with Gasteiger partial charge in [0.2, 0.25) is 0 Å². The Balaban J connectivity index is 1.51. The second-order valence-electron chi connectivity index (χ2n) is 6.43. The van der Waals surface area contributed by atoms with Crippen LogP contribution in [0.25, 0.3) is 11.0 Å². The van der Waals surface area contributed by atoms with E-state index in [9.17, 15) is 4.79 Å². The molecule has 0 unspecified atom stereocenters. The van der Waals surface area contributed by atoms with Crippen LogP contribution in [0.5, 0.6) is 5.75 Å². The lowest BCUT2D eigenvalue weighted by Crippen LogP contribution is -2.23. The molecule has 0 atom stereocenters. The normalized spacial score (nSPS) is 10.4. The number of carbonyl (C=O) groups excluding carboxylic acids is 1. The van der Waals surface area contributed by atoms with E-state index in [1.165, 1.54) is 0 Å². The molecular formula is C23H23N3O2. The van der Waals surface area contributed by atoms with Crippen LogP contribution in [-0.2, 0) is 6.54 Å². The van der Waals surface area contributed by atoms with E-state index in [1.807, 2.05) is 30.3 Å². The van der Waals surface area contributed by atoms with Crippen LogP contribution in [0.3, 0.4) is 0 Å². The van der Waals surface area contributed by atoms with Crippen LogP contribution in [0.1, 0.15) is 41.7 Å². The molecule has 0 bridgehead atoms. The lowest BCUT2D eigenvalue weighted by atomic mass is 10.2. The third-order valence-electron chi connectivity index (χ3n) is 4.27. The number of pyridine rings is 2. The number of rotatable bonds is 9. The number of terminal acetylenes is 1. The Bertz CT molecular complexity index is 979. The van der Waals surface area contributed by atoms with Crippen LogP contribution in [0.2, 0.25) is 0 Å². The van der Waals surface area contributed by atoms with Gasteiger partial charge in [-0.15, -0.1) is 12.3 Å². The lowest BCUT2D eigenvalue weighted by Gasteiger charge is -2.09. The molecule has 0 radical (unpaired) electrons. The molecule has 0 aliphatic heterocycles. The highest BCUT2D eigenvalue weighted by Gasteiger charge is 2.08. The van der Waals surface area contributed by atoms with E-state index >= 15 is 0 Å². The SMILES string of the molecule is C#CCCCCCOc1cccc(CNC(=O)c2ccc3ncccc3n2)c1. The topological polar surface area (TPSA) is 64.1 Å². The third-order valence-corrected chi connectivity index (χ3v) is 4.27. The smallest absolute Gasteiger partial charge is 0.270 e. The Hall–Kier alpha value is -3.39.